The Bertz CT molecular complexity index is 598. The maximum Gasteiger partial charge on any atom is 0.238 e. The van der Waals surface area contributed by atoms with E-state index in [-0.39, 0.29) is 16.8 Å². The van der Waals surface area contributed by atoms with Crippen molar-refractivity contribution in [1.82, 2.24) is 9.78 Å². The first kappa shape index (κ1) is 14.6. The smallest absolute Gasteiger partial charge is 0.238 e. The summed E-state index contributed by atoms with van der Waals surface area (Å²) < 4.78 is 1.95. The molecule has 0 aliphatic carbocycles. The van der Waals surface area contributed by atoms with Gasteiger partial charge in [-0.25, -0.2) is 0 Å². The fraction of sp³-hybridized carbons (Fsp3) is 0.471. The molecule has 1 heterocycles. The van der Waals surface area contributed by atoms with Crippen LogP contribution in [0.5, 0.6) is 5.88 Å². The summed E-state index contributed by atoms with van der Waals surface area (Å²) in [5, 5.41) is 14.8. The second-order valence-electron chi connectivity index (χ2n) is 7.25. The van der Waals surface area contributed by atoms with Gasteiger partial charge in [0, 0.05) is 5.41 Å². The highest BCUT2D eigenvalue weighted by atomic mass is 16.3. The molecule has 0 saturated heterocycles. The molecule has 20 heavy (non-hydrogen) atoms. The van der Waals surface area contributed by atoms with Crippen LogP contribution in [0.2, 0.25) is 0 Å². The molecule has 1 aromatic heterocycles. The van der Waals surface area contributed by atoms with Crippen LogP contribution in [0.25, 0.3) is 11.1 Å². The summed E-state index contributed by atoms with van der Waals surface area (Å²) in [6.45, 7) is 12.8. The Morgan fingerprint density at radius 3 is 1.95 bits per heavy atom. The molecule has 0 fully saturated rings. The van der Waals surface area contributed by atoms with Gasteiger partial charge in [-0.1, -0.05) is 51.1 Å². The molecular weight excluding hydrogens is 248 g/mol. The summed E-state index contributed by atoms with van der Waals surface area (Å²) in [5.74, 6) is 0.107. The number of aromatic hydroxyl groups is 1. The second kappa shape index (κ2) is 4.65. The Balaban J connectivity index is 2.79. The van der Waals surface area contributed by atoms with Crippen molar-refractivity contribution in [2.75, 3.05) is 0 Å². The molecule has 0 spiro atoms. The quantitative estimate of drug-likeness (QED) is 0.840. The van der Waals surface area contributed by atoms with Gasteiger partial charge in [-0.15, -0.1) is 5.10 Å². The SMILES string of the molecule is CC(C)(C)c1c(-c2ccccc2)c(O)nn1C(C)(C)C. The molecule has 0 aliphatic heterocycles. The highest BCUT2D eigenvalue weighted by molar-refractivity contribution is 5.72. The molecule has 0 amide bonds. The van der Waals surface area contributed by atoms with Crippen LogP contribution < -0.4 is 0 Å². The molecular formula is C17H24N2O. The van der Waals surface area contributed by atoms with Crippen molar-refractivity contribution in [2.45, 2.75) is 52.5 Å². The van der Waals surface area contributed by atoms with Gasteiger partial charge in [0.15, 0.2) is 0 Å². The van der Waals surface area contributed by atoms with Crippen LogP contribution in [0.1, 0.15) is 47.2 Å². The van der Waals surface area contributed by atoms with Gasteiger partial charge >= 0.3 is 0 Å². The number of hydrogen-bond acceptors (Lipinski definition) is 2. The van der Waals surface area contributed by atoms with Crippen LogP contribution in [0, 0.1) is 0 Å². The maximum atomic E-state index is 10.4. The fourth-order valence-electron chi connectivity index (χ4n) is 2.46. The first-order valence-corrected chi connectivity index (χ1v) is 7.01. The summed E-state index contributed by atoms with van der Waals surface area (Å²) in [7, 11) is 0. The zero-order valence-corrected chi connectivity index (χ0v) is 13.2. The van der Waals surface area contributed by atoms with Gasteiger partial charge in [-0.2, -0.15) is 0 Å². The Labute approximate surface area is 121 Å². The van der Waals surface area contributed by atoms with E-state index in [4.69, 9.17) is 0 Å². The van der Waals surface area contributed by atoms with Gasteiger partial charge in [0.1, 0.15) is 0 Å². The lowest BCUT2D eigenvalue weighted by Gasteiger charge is -2.29. The molecule has 1 aromatic carbocycles. The number of nitrogens with zero attached hydrogens (tertiary/aromatic N) is 2. The van der Waals surface area contributed by atoms with E-state index in [9.17, 15) is 5.11 Å². The molecule has 0 radical (unpaired) electrons. The Morgan fingerprint density at radius 1 is 0.950 bits per heavy atom. The molecule has 108 valence electrons. The molecule has 2 rings (SSSR count). The normalized spacial score (nSPS) is 12.7. The van der Waals surface area contributed by atoms with Crippen molar-refractivity contribution in [3.05, 3.63) is 36.0 Å². The van der Waals surface area contributed by atoms with E-state index < -0.39 is 0 Å². The van der Waals surface area contributed by atoms with Crippen LogP contribution >= 0.6 is 0 Å². The summed E-state index contributed by atoms with van der Waals surface area (Å²) in [6.07, 6.45) is 0. The lowest BCUT2D eigenvalue weighted by atomic mass is 9.86. The van der Waals surface area contributed by atoms with Crippen molar-refractivity contribution in [2.24, 2.45) is 0 Å². The third-order valence-electron chi connectivity index (χ3n) is 3.28. The summed E-state index contributed by atoms with van der Waals surface area (Å²) in [6, 6.07) is 9.97. The molecule has 0 aliphatic rings. The lowest BCUT2D eigenvalue weighted by molar-refractivity contribution is 0.312. The zero-order chi connectivity index (χ0) is 15.1. The average molecular weight is 272 g/mol. The monoisotopic (exact) mass is 272 g/mol. The third-order valence-corrected chi connectivity index (χ3v) is 3.28. The van der Waals surface area contributed by atoms with E-state index in [1.54, 1.807) is 0 Å². The predicted molar refractivity (Wildman–Crippen MR) is 83.0 cm³/mol. The topological polar surface area (TPSA) is 38.1 Å². The summed E-state index contributed by atoms with van der Waals surface area (Å²) in [5.41, 5.74) is 2.63. The van der Waals surface area contributed by atoms with E-state index in [2.05, 4.69) is 46.6 Å². The van der Waals surface area contributed by atoms with Gasteiger partial charge in [0.05, 0.1) is 16.8 Å². The first-order valence-electron chi connectivity index (χ1n) is 7.01. The molecule has 0 atom stereocenters. The van der Waals surface area contributed by atoms with E-state index in [1.165, 1.54) is 0 Å². The van der Waals surface area contributed by atoms with Crippen LogP contribution in [0.15, 0.2) is 30.3 Å². The van der Waals surface area contributed by atoms with Crippen LogP contribution in [-0.4, -0.2) is 14.9 Å². The Morgan fingerprint density at radius 2 is 1.50 bits per heavy atom. The average Bonchev–Trinajstić information content (AvgIpc) is 2.67. The van der Waals surface area contributed by atoms with Gasteiger partial charge in [0.2, 0.25) is 5.88 Å². The third kappa shape index (κ3) is 2.58. The van der Waals surface area contributed by atoms with Crippen LogP contribution in [-0.2, 0) is 11.0 Å². The molecule has 3 nitrogen and oxygen atoms in total. The van der Waals surface area contributed by atoms with Crippen molar-refractivity contribution < 1.29 is 5.11 Å². The standard InChI is InChI=1S/C17H24N2O/c1-16(2,3)14-13(12-10-8-7-9-11-12)15(20)18-19(14)17(4,5)6/h7-11H,1-6H3,(H,18,20). The minimum atomic E-state index is -0.173. The number of aromatic nitrogens is 2. The van der Waals surface area contributed by atoms with E-state index in [0.29, 0.717) is 0 Å². The maximum absolute atomic E-state index is 10.4. The number of hydrogen-bond donors (Lipinski definition) is 1. The van der Waals surface area contributed by atoms with Crippen LogP contribution in [0.4, 0.5) is 0 Å². The van der Waals surface area contributed by atoms with Crippen LogP contribution in [0.3, 0.4) is 0 Å². The largest absolute Gasteiger partial charge is 0.492 e. The van der Waals surface area contributed by atoms with Crippen molar-refractivity contribution >= 4 is 0 Å². The number of rotatable bonds is 1. The first-order chi connectivity index (χ1) is 9.12. The molecule has 0 bridgehead atoms. The lowest BCUT2D eigenvalue weighted by Crippen LogP contribution is -2.30. The van der Waals surface area contributed by atoms with E-state index >= 15 is 0 Å². The summed E-state index contributed by atoms with van der Waals surface area (Å²) >= 11 is 0. The van der Waals surface area contributed by atoms with Crippen molar-refractivity contribution in [3.63, 3.8) is 0 Å². The fourth-order valence-corrected chi connectivity index (χ4v) is 2.46. The minimum absolute atomic E-state index is 0.105. The molecule has 1 N–H and O–H groups in total. The highest BCUT2D eigenvalue weighted by Crippen LogP contribution is 2.40. The van der Waals surface area contributed by atoms with Gasteiger partial charge < -0.3 is 5.11 Å². The molecule has 3 heteroatoms. The van der Waals surface area contributed by atoms with E-state index in [0.717, 1.165) is 16.8 Å². The molecule has 0 unspecified atom stereocenters. The molecule has 2 aromatic rings. The Hall–Kier alpha value is -1.77. The number of benzene rings is 1. The Kier molecular flexibility index (Phi) is 3.41. The zero-order valence-electron chi connectivity index (χ0n) is 13.2. The second-order valence-corrected chi connectivity index (χ2v) is 7.25. The molecule has 0 saturated carbocycles. The van der Waals surface area contributed by atoms with Gasteiger partial charge in [0.25, 0.3) is 0 Å². The highest BCUT2D eigenvalue weighted by Gasteiger charge is 2.32. The summed E-state index contributed by atoms with van der Waals surface area (Å²) in [4.78, 5) is 0. The van der Waals surface area contributed by atoms with Crippen molar-refractivity contribution in [1.29, 1.82) is 0 Å². The minimum Gasteiger partial charge on any atom is -0.492 e. The van der Waals surface area contributed by atoms with E-state index in [1.807, 2.05) is 35.0 Å². The predicted octanol–water partition coefficient (Wildman–Crippen LogP) is 4.31. The van der Waals surface area contributed by atoms with Gasteiger partial charge in [-0.05, 0) is 26.3 Å². The van der Waals surface area contributed by atoms with Gasteiger partial charge in [-0.3, -0.25) is 4.68 Å². The van der Waals surface area contributed by atoms with Crippen molar-refractivity contribution in [3.8, 4) is 17.0 Å².